The van der Waals surface area contributed by atoms with Gasteiger partial charge >= 0.3 is 11.4 Å². The molecule has 0 aromatic heterocycles. The van der Waals surface area contributed by atoms with E-state index in [1.165, 1.54) is 88.5 Å². The summed E-state index contributed by atoms with van der Waals surface area (Å²) in [4.78, 5) is 67.8. The number of carbonyl (C=O) groups excluding carboxylic acids is 4. The Hall–Kier alpha value is -4.27. The van der Waals surface area contributed by atoms with Crippen LogP contribution in [0.3, 0.4) is 0 Å². The molecule has 14 nitrogen and oxygen atoms in total. The number of nitro groups is 2. The number of hydrogen-bond donors (Lipinski definition) is 2. The van der Waals surface area contributed by atoms with Gasteiger partial charge in [-0.1, -0.05) is 76.3 Å². The van der Waals surface area contributed by atoms with Gasteiger partial charge in [-0.25, -0.2) is 0 Å². The fourth-order valence-electron chi connectivity index (χ4n) is 6.98. The van der Waals surface area contributed by atoms with Crippen LogP contribution in [0.2, 0.25) is 0 Å². The van der Waals surface area contributed by atoms with Crippen LogP contribution in [0.1, 0.15) is 101 Å². The normalized spacial score (nSPS) is 19.0. The predicted molar refractivity (Wildman–Crippen MR) is 218 cm³/mol. The van der Waals surface area contributed by atoms with Gasteiger partial charge in [-0.15, -0.1) is 0 Å². The van der Waals surface area contributed by atoms with E-state index in [0.29, 0.717) is 24.3 Å². The molecule has 2 N–H and O–H groups in total. The molecule has 2 aliphatic carbocycles. The van der Waals surface area contributed by atoms with Crippen LogP contribution in [0.15, 0.2) is 46.2 Å². The first-order valence-corrected chi connectivity index (χ1v) is 20.0. The van der Waals surface area contributed by atoms with Crippen molar-refractivity contribution in [3.63, 3.8) is 0 Å². The molecule has 0 bridgehead atoms. The third-order valence-corrected chi connectivity index (χ3v) is 11.3. The Morgan fingerprint density at radius 2 is 1.02 bits per heavy atom. The maximum atomic E-state index is 11.6. The molecule has 296 valence electrons. The summed E-state index contributed by atoms with van der Waals surface area (Å²) >= 11 is 1.56. The Labute approximate surface area is 331 Å². The Balaban J connectivity index is 0.000000240. The van der Waals surface area contributed by atoms with Crippen molar-refractivity contribution in [2.45, 2.75) is 89.9 Å². The van der Waals surface area contributed by atoms with Crippen LogP contribution in [-0.2, 0) is 9.59 Å². The van der Waals surface area contributed by atoms with Crippen LogP contribution in [0.5, 0.6) is 11.5 Å². The second-order valence-electron chi connectivity index (χ2n) is 13.7. The van der Waals surface area contributed by atoms with Crippen LogP contribution in [0.4, 0.5) is 21.0 Å². The van der Waals surface area contributed by atoms with Crippen molar-refractivity contribution in [1.82, 2.24) is 10.6 Å². The first-order valence-electron chi connectivity index (χ1n) is 18.4. The van der Waals surface area contributed by atoms with Gasteiger partial charge in [0, 0.05) is 12.1 Å². The highest BCUT2D eigenvalue weighted by atomic mass is 32.2. The van der Waals surface area contributed by atoms with E-state index < -0.39 is 32.1 Å². The summed E-state index contributed by atoms with van der Waals surface area (Å²) in [7, 11) is 0. The summed E-state index contributed by atoms with van der Waals surface area (Å²) in [5.41, 5.74) is 0.667. The first kappa shape index (κ1) is 43.5. The number of rotatable bonds is 14. The number of carbonyl (C=O) groups is 4. The maximum Gasteiger partial charge on any atom is 0.311 e. The standard InChI is InChI=1S/2C19H22N2O5S.H3P/c2*22-18-17(27-19(23)20-18)12-14-8-9-16(15(11-14)21(24)25)26-10-4-7-13-5-2-1-3-6-13;/h2*8-9,11-13H,1-7,10H2,(H,20,22,23);1H3. The largest absolute Gasteiger partial charge is 0.487 e. The number of ether oxygens (including phenoxy) is 2. The van der Waals surface area contributed by atoms with Crippen molar-refractivity contribution in [1.29, 1.82) is 0 Å². The van der Waals surface area contributed by atoms with Crippen molar-refractivity contribution in [2.24, 2.45) is 11.8 Å². The lowest BCUT2D eigenvalue weighted by Gasteiger charge is -2.21. The highest BCUT2D eigenvalue weighted by molar-refractivity contribution is 8.18. The fourth-order valence-corrected chi connectivity index (χ4v) is 8.35. The molecule has 4 aliphatic rings. The van der Waals surface area contributed by atoms with Crippen molar-refractivity contribution in [3.05, 3.63) is 77.6 Å². The molecule has 0 spiro atoms. The van der Waals surface area contributed by atoms with Gasteiger partial charge in [0.2, 0.25) is 0 Å². The summed E-state index contributed by atoms with van der Waals surface area (Å²) < 4.78 is 11.3. The zero-order chi connectivity index (χ0) is 38.5. The monoisotopic (exact) mass is 814 g/mol. The topological polar surface area (TPSA) is 197 Å². The number of nitrogens with one attached hydrogen (secondary N) is 2. The molecule has 6 rings (SSSR count). The van der Waals surface area contributed by atoms with E-state index in [4.69, 9.17) is 9.47 Å². The molecule has 17 heteroatoms. The minimum Gasteiger partial charge on any atom is -0.487 e. The average Bonchev–Trinajstić information content (AvgIpc) is 3.66. The molecule has 1 unspecified atom stereocenters. The minimum absolute atomic E-state index is 0. The van der Waals surface area contributed by atoms with Crippen molar-refractivity contribution >= 4 is 79.2 Å². The third-order valence-electron chi connectivity index (χ3n) is 9.72. The van der Waals surface area contributed by atoms with Crippen LogP contribution in [0, 0.1) is 32.1 Å². The first-order chi connectivity index (χ1) is 26.0. The highest BCUT2D eigenvalue weighted by Gasteiger charge is 2.27. The number of nitro benzene ring substituents is 2. The Morgan fingerprint density at radius 1 is 0.636 bits per heavy atom. The zero-order valence-corrected chi connectivity index (χ0v) is 33.6. The average molecular weight is 815 g/mol. The zero-order valence-electron chi connectivity index (χ0n) is 30.6. The summed E-state index contributed by atoms with van der Waals surface area (Å²) in [5.74, 6) is 0.982. The lowest BCUT2D eigenvalue weighted by molar-refractivity contribution is -0.386. The van der Waals surface area contributed by atoms with Gasteiger partial charge in [0.25, 0.3) is 22.3 Å². The number of imide groups is 2. The molecule has 0 radical (unpaired) electrons. The van der Waals surface area contributed by atoms with Gasteiger partial charge in [-0.05, 0) is 96.5 Å². The van der Waals surface area contributed by atoms with Crippen molar-refractivity contribution in [2.75, 3.05) is 13.2 Å². The van der Waals surface area contributed by atoms with E-state index in [1.807, 2.05) is 0 Å². The molecule has 55 heavy (non-hydrogen) atoms. The molecule has 2 aromatic carbocycles. The molecule has 2 heterocycles. The summed E-state index contributed by atoms with van der Waals surface area (Å²) in [5, 5.41) is 26.2. The van der Waals surface area contributed by atoms with Gasteiger partial charge in [0.1, 0.15) is 0 Å². The van der Waals surface area contributed by atoms with Crippen LogP contribution in [-0.4, -0.2) is 45.4 Å². The van der Waals surface area contributed by atoms with Crippen molar-refractivity contribution in [3.8, 4) is 11.5 Å². The number of amides is 4. The van der Waals surface area contributed by atoms with Gasteiger partial charge in [0.05, 0.1) is 32.9 Å². The molecule has 2 aromatic rings. The third kappa shape index (κ3) is 13.5. The second kappa shape index (κ2) is 21.7. The number of nitrogens with zero attached hydrogens (tertiary/aromatic N) is 2. The SMILES string of the molecule is O=C1NC(=O)C(=Cc2ccc(OCCCC3CCCCC3)c([N+](=O)[O-])c2)S1.O=C1NC(=O)C(=Cc2ccc(OCCCC3CCCCC3)c([N+](=O)[O-])c2)S1.P. The van der Waals surface area contributed by atoms with E-state index in [-0.39, 0.29) is 42.6 Å². The Kier molecular flexibility index (Phi) is 17.2. The van der Waals surface area contributed by atoms with Gasteiger partial charge in [0.15, 0.2) is 11.5 Å². The molecule has 4 amide bonds. The van der Waals surface area contributed by atoms with E-state index in [0.717, 1.165) is 61.0 Å². The molecule has 2 aliphatic heterocycles. The molecular weight excluding hydrogens is 768 g/mol. The van der Waals surface area contributed by atoms with Crippen molar-refractivity contribution < 1.29 is 38.5 Å². The fraction of sp³-hybridized carbons (Fsp3) is 0.474. The van der Waals surface area contributed by atoms with Gasteiger partial charge in [-0.2, -0.15) is 9.90 Å². The number of thioether (sulfide) groups is 2. The number of benzene rings is 2. The van der Waals surface area contributed by atoms with Crippen LogP contribution < -0.4 is 20.1 Å². The lowest BCUT2D eigenvalue weighted by Crippen LogP contribution is -2.17. The molecule has 1 atom stereocenters. The molecule has 2 saturated carbocycles. The second-order valence-corrected chi connectivity index (χ2v) is 15.7. The molecule has 2 saturated heterocycles. The quantitative estimate of drug-likeness (QED) is 0.0603. The predicted octanol–water partition coefficient (Wildman–Crippen LogP) is 9.37. The van der Waals surface area contributed by atoms with Crippen LogP contribution in [0.25, 0.3) is 12.2 Å². The number of hydrogen-bond acceptors (Lipinski definition) is 12. The maximum absolute atomic E-state index is 11.6. The van der Waals surface area contributed by atoms with E-state index >= 15 is 0 Å². The Bertz CT molecular complexity index is 1680. The van der Waals surface area contributed by atoms with Gasteiger partial charge < -0.3 is 9.47 Å². The van der Waals surface area contributed by atoms with E-state index in [1.54, 1.807) is 24.3 Å². The smallest absolute Gasteiger partial charge is 0.311 e. The van der Waals surface area contributed by atoms with E-state index in [9.17, 15) is 39.4 Å². The molecule has 4 fully saturated rings. The van der Waals surface area contributed by atoms with E-state index in [2.05, 4.69) is 10.6 Å². The van der Waals surface area contributed by atoms with Crippen LogP contribution >= 0.6 is 33.4 Å². The summed E-state index contributed by atoms with van der Waals surface area (Å²) in [6.45, 7) is 0.898. The summed E-state index contributed by atoms with van der Waals surface area (Å²) in [6, 6.07) is 9.11. The molecular formula is C38H47N4O10PS2. The minimum atomic E-state index is -0.495. The Morgan fingerprint density at radius 3 is 1.35 bits per heavy atom. The highest BCUT2D eigenvalue weighted by Crippen LogP contribution is 2.34. The lowest BCUT2D eigenvalue weighted by atomic mass is 9.86. The summed E-state index contributed by atoms with van der Waals surface area (Å²) in [6.07, 6.45) is 19.8. The van der Waals surface area contributed by atoms with Gasteiger partial charge in [-0.3, -0.25) is 50.0 Å².